The highest BCUT2D eigenvalue weighted by Gasteiger charge is 2.44. The van der Waals surface area contributed by atoms with Crippen LogP contribution in [0.25, 0.3) is 0 Å². The maximum Gasteiger partial charge on any atom is 0.408 e. The van der Waals surface area contributed by atoms with Gasteiger partial charge in [-0.15, -0.1) is 0 Å². The highest BCUT2D eigenvalue weighted by Crippen LogP contribution is 2.37. The molecule has 0 spiro atoms. The maximum atomic E-state index is 13.9. The summed E-state index contributed by atoms with van der Waals surface area (Å²) in [5.41, 5.74) is 4.50. The minimum Gasteiger partial charge on any atom is -0.444 e. The second-order valence-electron chi connectivity index (χ2n) is 10.9. The molecule has 0 aromatic heterocycles. The zero-order valence-corrected chi connectivity index (χ0v) is 22.8. The fourth-order valence-corrected chi connectivity index (χ4v) is 4.26. The number of alkyl carbamates (subject to hydrolysis) is 1. The first kappa shape index (κ1) is 28.2. The number of nitrogens with one attached hydrogen (secondary N) is 2. The van der Waals surface area contributed by atoms with Crippen molar-refractivity contribution in [3.05, 3.63) is 64.2 Å². The quantitative estimate of drug-likeness (QED) is 0.486. The van der Waals surface area contributed by atoms with E-state index in [0.717, 1.165) is 35.1 Å². The van der Waals surface area contributed by atoms with Gasteiger partial charge in [-0.3, -0.25) is 9.59 Å². The highest BCUT2D eigenvalue weighted by molar-refractivity contribution is 6.00. The fourth-order valence-electron chi connectivity index (χ4n) is 4.26. The smallest absolute Gasteiger partial charge is 0.408 e. The van der Waals surface area contributed by atoms with Crippen molar-refractivity contribution >= 4 is 23.6 Å². The first-order chi connectivity index (χ1) is 17.3. The third-order valence-corrected chi connectivity index (χ3v) is 6.47. The zero-order valence-electron chi connectivity index (χ0n) is 22.8. The summed E-state index contributed by atoms with van der Waals surface area (Å²) in [6, 6.07) is 9.09. The molecule has 2 unspecified atom stereocenters. The van der Waals surface area contributed by atoms with Gasteiger partial charge in [0.15, 0.2) is 0 Å². The molecule has 3 N–H and O–H groups in total. The minimum absolute atomic E-state index is 0.183. The molecular weight excluding hydrogens is 470 g/mol. The van der Waals surface area contributed by atoms with E-state index in [0.29, 0.717) is 11.3 Å². The second-order valence-corrected chi connectivity index (χ2v) is 10.9. The van der Waals surface area contributed by atoms with Crippen LogP contribution in [0.5, 0.6) is 0 Å². The second kappa shape index (κ2) is 11.3. The highest BCUT2D eigenvalue weighted by atomic mass is 16.6. The van der Waals surface area contributed by atoms with Crippen LogP contribution >= 0.6 is 0 Å². The van der Waals surface area contributed by atoms with Crippen molar-refractivity contribution in [1.29, 1.82) is 0 Å². The third-order valence-electron chi connectivity index (χ3n) is 6.47. The van der Waals surface area contributed by atoms with Gasteiger partial charge in [0.25, 0.3) is 5.91 Å². The number of aryl methyl sites for hydroxylation is 4. The number of aliphatic hydroxyl groups is 1. The fraction of sp³-hybridized carbons (Fsp3) is 0.483. The van der Waals surface area contributed by atoms with Crippen LogP contribution in [-0.2, 0) is 14.3 Å². The van der Waals surface area contributed by atoms with Crippen LogP contribution in [0.1, 0.15) is 67.5 Å². The number of anilines is 1. The lowest BCUT2D eigenvalue weighted by atomic mass is 9.97. The van der Waals surface area contributed by atoms with E-state index in [9.17, 15) is 19.5 Å². The first-order valence-corrected chi connectivity index (χ1v) is 12.7. The van der Waals surface area contributed by atoms with Gasteiger partial charge < -0.3 is 25.4 Å². The standard InChI is InChI=1S/C29H39N3O5/c1-17-11-12-21(15-20(17)4)25(26(34)31-24-18(2)9-8-10-19(24)3)32(22-13-14-22)27(35)23(16-33)30-28(36)37-29(5,6)7/h8-12,15,22-23,25,33H,13-14,16H2,1-7H3,(H,30,36)(H,31,34). The van der Waals surface area contributed by atoms with E-state index >= 15 is 0 Å². The van der Waals surface area contributed by atoms with Crippen molar-refractivity contribution < 1.29 is 24.2 Å². The lowest BCUT2D eigenvalue weighted by molar-refractivity contribution is -0.142. The molecule has 0 bridgehead atoms. The molecule has 0 saturated heterocycles. The van der Waals surface area contributed by atoms with E-state index in [-0.39, 0.29) is 11.9 Å². The summed E-state index contributed by atoms with van der Waals surface area (Å²) in [5, 5.41) is 15.6. The summed E-state index contributed by atoms with van der Waals surface area (Å²) in [6.07, 6.45) is 0.654. The summed E-state index contributed by atoms with van der Waals surface area (Å²) in [4.78, 5) is 41.7. The van der Waals surface area contributed by atoms with Crippen LogP contribution in [0.15, 0.2) is 36.4 Å². The Hall–Kier alpha value is -3.39. The number of rotatable bonds is 8. The van der Waals surface area contributed by atoms with Gasteiger partial charge in [0, 0.05) is 11.7 Å². The van der Waals surface area contributed by atoms with Gasteiger partial charge in [-0.25, -0.2) is 4.79 Å². The molecule has 1 fully saturated rings. The lowest BCUT2D eigenvalue weighted by Crippen LogP contribution is -2.54. The summed E-state index contributed by atoms with van der Waals surface area (Å²) >= 11 is 0. The Morgan fingerprint density at radius 3 is 2.14 bits per heavy atom. The van der Waals surface area contributed by atoms with Gasteiger partial charge in [0.05, 0.1) is 6.61 Å². The molecule has 3 amide bonds. The SMILES string of the molecule is Cc1ccc(C(C(=O)Nc2c(C)cccc2C)N(C(=O)C(CO)NC(=O)OC(C)(C)C)C2CC2)cc1C. The van der Waals surface area contributed by atoms with E-state index in [1.807, 2.05) is 64.1 Å². The van der Waals surface area contributed by atoms with Crippen molar-refractivity contribution in [1.82, 2.24) is 10.2 Å². The number of nitrogens with zero attached hydrogens (tertiary/aromatic N) is 1. The van der Waals surface area contributed by atoms with Gasteiger partial charge in [-0.05, 0) is 89.1 Å². The molecule has 2 aromatic rings. The number of ether oxygens (including phenoxy) is 1. The maximum absolute atomic E-state index is 13.9. The molecule has 8 nitrogen and oxygen atoms in total. The summed E-state index contributed by atoms with van der Waals surface area (Å²) < 4.78 is 5.29. The molecule has 1 aliphatic rings. The van der Waals surface area contributed by atoms with Gasteiger partial charge in [-0.1, -0.05) is 36.4 Å². The van der Waals surface area contributed by atoms with Crippen molar-refractivity contribution in [2.45, 2.75) is 85.0 Å². The Morgan fingerprint density at radius 1 is 1.00 bits per heavy atom. The minimum atomic E-state index is -1.25. The number of amides is 3. The average Bonchev–Trinajstić information content (AvgIpc) is 3.63. The number of para-hydroxylation sites is 1. The van der Waals surface area contributed by atoms with Crippen molar-refractivity contribution in [2.24, 2.45) is 0 Å². The Balaban J connectivity index is 2.01. The number of hydrogen-bond donors (Lipinski definition) is 3. The molecule has 1 saturated carbocycles. The molecule has 0 radical (unpaired) electrons. The van der Waals surface area contributed by atoms with E-state index < -0.39 is 36.3 Å². The van der Waals surface area contributed by atoms with E-state index in [2.05, 4.69) is 10.6 Å². The molecule has 2 atom stereocenters. The van der Waals surface area contributed by atoms with Crippen LogP contribution < -0.4 is 10.6 Å². The van der Waals surface area contributed by atoms with Crippen molar-refractivity contribution in [2.75, 3.05) is 11.9 Å². The number of hydrogen-bond acceptors (Lipinski definition) is 5. The van der Waals surface area contributed by atoms with Crippen LogP contribution in [0, 0.1) is 27.7 Å². The van der Waals surface area contributed by atoms with E-state index in [1.54, 1.807) is 20.8 Å². The van der Waals surface area contributed by atoms with Crippen LogP contribution in [0.3, 0.4) is 0 Å². The number of carbonyl (C=O) groups is 3. The number of aliphatic hydroxyl groups excluding tert-OH is 1. The lowest BCUT2D eigenvalue weighted by Gasteiger charge is -2.34. The van der Waals surface area contributed by atoms with Crippen molar-refractivity contribution in [3.8, 4) is 0 Å². The zero-order chi connectivity index (χ0) is 27.5. The monoisotopic (exact) mass is 509 g/mol. The predicted octanol–water partition coefficient (Wildman–Crippen LogP) is 4.48. The molecular formula is C29H39N3O5. The molecule has 2 aromatic carbocycles. The Labute approximate surface area is 219 Å². The normalized spacial score (nSPS) is 14.9. The largest absolute Gasteiger partial charge is 0.444 e. The summed E-state index contributed by atoms with van der Waals surface area (Å²) in [7, 11) is 0. The van der Waals surface area contributed by atoms with E-state index in [1.165, 1.54) is 4.90 Å². The molecule has 1 aliphatic carbocycles. The van der Waals surface area contributed by atoms with Crippen LogP contribution in [-0.4, -0.2) is 52.2 Å². The Kier molecular flexibility index (Phi) is 8.64. The predicted molar refractivity (Wildman–Crippen MR) is 143 cm³/mol. The molecule has 200 valence electrons. The molecule has 8 heteroatoms. The molecule has 37 heavy (non-hydrogen) atoms. The van der Waals surface area contributed by atoms with E-state index in [4.69, 9.17) is 4.74 Å². The summed E-state index contributed by atoms with van der Waals surface area (Å²) in [5.74, 6) is -0.884. The molecule has 0 heterocycles. The summed E-state index contributed by atoms with van der Waals surface area (Å²) in [6.45, 7) is 12.3. The van der Waals surface area contributed by atoms with Crippen LogP contribution in [0.4, 0.5) is 10.5 Å². The Bertz CT molecular complexity index is 1150. The van der Waals surface area contributed by atoms with Crippen LogP contribution in [0.2, 0.25) is 0 Å². The van der Waals surface area contributed by atoms with Gasteiger partial charge in [-0.2, -0.15) is 0 Å². The van der Waals surface area contributed by atoms with Gasteiger partial charge >= 0.3 is 6.09 Å². The first-order valence-electron chi connectivity index (χ1n) is 12.7. The third kappa shape index (κ3) is 7.10. The average molecular weight is 510 g/mol. The number of carbonyl (C=O) groups excluding carboxylic acids is 3. The van der Waals surface area contributed by atoms with Crippen molar-refractivity contribution in [3.63, 3.8) is 0 Å². The number of benzene rings is 2. The van der Waals surface area contributed by atoms with Gasteiger partial charge in [0.2, 0.25) is 5.91 Å². The van der Waals surface area contributed by atoms with Gasteiger partial charge in [0.1, 0.15) is 17.7 Å². The Morgan fingerprint density at radius 2 is 1.62 bits per heavy atom. The topological polar surface area (TPSA) is 108 Å². The molecule has 0 aliphatic heterocycles. The molecule has 3 rings (SSSR count).